The molecule has 3 heteroatoms. The molecule has 0 N–H and O–H groups in total. The van der Waals surface area contributed by atoms with Gasteiger partial charge in [0.15, 0.2) is 0 Å². The predicted octanol–water partition coefficient (Wildman–Crippen LogP) is 19.3. The summed E-state index contributed by atoms with van der Waals surface area (Å²) < 4.78 is 0. The van der Waals surface area contributed by atoms with E-state index in [2.05, 4.69) is 268 Å². The molecular weight excluding hydrogens is 877 g/mol. The van der Waals surface area contributed by atoms with Crippen molar-refractivity contribution in [3.05, 3.63) is 253 Å². The topological polar surface area (TPSA) is 6.48 Å². The van der Waals surface area contributed by atoms with E-state index >= 15 is 0 Å². The van der Waals surface area contributed by atoms with Gasteiger partial charge in [0.1, 0.15) is 0 Å². The molecule has 0 saturated carbocycles. The number of benzene rings is 11. The van der Waals surface area contributed by atoms with Crippen molar-refractivity contribution >= 4 is 67.4 Å². The standard InChI is InChI=1S/C68H50N2S/c1-67(2)59-27-15-13-23-51(59)53-33-30-45(40-61(53)67)69(43-18-7-5-8-19-43)47-32-35-56-58-37-36-50(57-26-17-29-64(66(57)58)71-65(56)42-47)49-38-39-63(55-25-12-11-22-48(49)55)70(44-20-9-6-10-21-44)46-31-34-54-52-24-14-16-28-60(52)68(3,4)62(54)41-46/h5-42H,1-4H3. The Morgan fingerprint density at radius 3 is 1.38 bits per heavy atom. The van der Waals surface area contributed by atoms with Crippen LogP contribution in [0.25, 0.3) is 66.1 Å². The van der Waals surface area contributed by atoms with Crippen molar-refractivity contribution in [2.24, 2.45) is 0 Å². The number of hydrogen-bond donors (Lipinski definition) is 0. The molecule has 0 spiro atoms. The molecule has 11 aromatic rings. The SMILES string of the molecule is CC1(C)c2ccccc2-c2ccc(N(c3ccccc3)c3ccc4c(c3)Sc3cccc5c(-c6ccc(N(c7ccccc7)c7ccc8c(c7)C(C)(C)c7ccccc7-8)c7ccccc67)ccc-4c35)cc21. The van der Waals surface area contributed by atoms with Crippen LogP contribution in [0.15, 0.2) is 240 Å². The van der Waals surface area contributed by atoms with Gasteiger partial charge in [-0.05, 0) is 150 Å². The van der Waals surface area contributed by atoms with Gasteiger partial charge in [0.25, 0.3) is 0 Å². The van der Waals surface area contributed by atoms with E-state index in [0.29, 0.717) is 0 Å². The first-order chi connectivity index (χ1) is 34.7. The fourth-order valence-corrected chi connectivity index (χ4v) is 13.6. The fourth-order valence-electron chi connectivity index (χ4n) is 12.4. The quantitative estimate of drug-likeness (QED) is 0.157. The van der Waals surface area contributed by atoms with E-state index in [4.69, 9.17) is 0 Å². The third-order valence-corrected chi connectivity index (χ3v) is 17.0. The molecule has 0 saturated heterocycles. The highest BCUT2D eigenvalue weighted by Crippen LogP contribution is 2.55. The molecule has 0 aromatic heterocycles. The minimum absolute atomic E-state index is 0.0950. The van der Waals surface area contributed by atoms with Gasteiger partial charge in [-0.15, -0.1) is 0 Å². The lowest BCUT2D eigenvalue weighted by Crippen LogP contribution is -2.16. The average Bonchev–Trinajstić information content (AvgIpc) is 3.78. The Bertz CT molecular complexity index is 3980. The number of rotatable bonds is 7. The Kier molecular flexibility index (Phi) is 9.25. The highest BCUT2D eigenvalue weighted by Gasteiger charge is 2.37. The predicted molar refractivity (Wildman–Crippen MR) is 301 cm³/mol. The molecule has 0 bridgehead atoms. The molecule has 0 amide bonds. The lowest BCUT2D eigenvalue weighted by atomic mass is 9.82. The van der Waals surface area contributed by atoms with Crippen LogP contribution in [-0.2, 0) is 10.8 Å². The van der Waals surface area contributed by atoms with Crippen molar-refractivity contribution in [3.8, 4) is 44.5 Å². The average molecular weight is 927 g/mol. The maximum Gasteiger partial charge on any atom is 0.0540 e. The molecule has 3 aliphatic rings. The molecule has 71 heavy (non-hydrogen) atoms. The van der Waals surface area contributed by atoms with Gasteiger partial charge >= 0.3 is 0 Å². The summed E-state index contributed by atoms with van der Waals surface area (Å²) in [5, 5.41) is 5.03. The second kappa shape index (κ2) is 15.7. The highest BCUT2D eigenvalue weighted by molar-refractivity contribution is 7.99. The second-order valence-corrected chi connectivity index (χ2v) is 21.5. The zero-order valence-corrected chi connectivity index (χ0v) is 41.1. The van der Waals surface area contributed by atoms with E-state index in [1.807, 2.05) is 11.8 Å². The van der Waals surface area contributed by atoms with Gasteiger partial charge in [0, 0.05) is 59.8 Å². The first kappa shape index (κ1) is 41.8. The van der Waals surface area contributed by atoms with Crippen molar-refractivity contribution in [1.29, 1.82) is 0 Å². The summed E-state index contributed by atoms with van der Waals surface area (Å²) >= 11 is 1.89. The Morgan fingerprint density at radius 1 is 0.282 bits per heavy atom. The molecule has 338 valence electrons. The summed E-state index contributed by atoms with van der Waals surface area (Å²) in [5.41, 5.74) is 22.6. The van der Waals surface area contributed by atoms with Gasteiger partial charge in [-0.25, -0.2) is 0 Å². The third-order valence-electron chi connectivity index (χ3n) is 15.8. The van der Waals surface area contributed by atoms with Crippen LogP contribution in [0.5, 0.6) is 0 Å². The summed E-state index contributed by atoms with van der Waals surface area (Å²) in [5.74, 6) is 0. The Labute approximate surface area is 420 Å². The van der Waals surface area contributed by atoms with Crippen LogP contribution < -0.4 is 9.80 Å². The molecule has 0 radical (unpaired) electrons. The number of para-hydroxylation sites is 2. The normalized spacial score (nSPS) is 14.1. The summed E-state index contributed by atoms with van der Waals surface area (Å²) in [6, 6.07) is 86.0. The zero-order chi connectivity index (χ0) is 47.6. The fraction of sp³-hybridized carbons (Fsp3) is 0.0882. The van der Waals surface area contributed by atoms with Crippen LogP contribution >= 0.6 is 11.8 Å². The van der Waals surface area contributed by atoms with Crippen LogP contribution in [-0.4, -0.2) is 0 Å². The smallest absolute Gasteiger partial charge is 0.0540 e. The maximum absolute atomic E-state index is 2.45. The van der Waals surface area contributed by atoms with Gasteiger partial charge in [-0.2, -0.15) is 0 Å². The number of hydrogen-bond acceptors (Lipinski definition) is 3. The second-order valence-electron chi connectivity index (χ2n) is 20.4. The molecule has 14 rings (SSSR count). The molecule has 0 atom stereocenters. The van der Waals surface area contributed by atoms with E-state index in [-0.39, 0.29) is 10.8 Å². The van der Waals surface area contributed by atoms with E-state index in [0.717, 1.165) is 34.1 Å². The van der Waals surface area contributed by atoms with Gasteiger partial charge < -0.3 is 9.80 Å². The van der Waals surface area contributed by atoms with E-state index in [1.54, 1.807) is 0 Å². The molecule has 1 aliphatic heterocycles. The largest absolute Gasteiger partial charge is 0.310 e. The molecule has 0 unspecified atom stereocenters. The van der Waals surface area contributed by atoms with E-state index < -0.39 is 0 Å². The maximum atomic E-state index is 2.45. The lowest BCUT2D eigenvalue weighted by Gasteiger charge is -2.30. The first-order valence-corrected chi connectivity index (χ1v) is 25.6. The van der Waals surface area contributed by atoms with Gasteiger partial charge in [0.2, 0.25) is 0 Å². The van der Waals surface area contributed by atoms with Crippen molar-refractivity contribution in [2.45, 2.75) is 48.3 Å². The highest BCUT2D eigenvalue weighted by atomic mass is 32.2. The van der Waals surface area contributed by atoms with Crippen LogP contribution in [0.4, 0.5) is 34.1 Å². The van der Waals surface area contributed by atoms with Crippen molar-refractivity contribution in [1.82, 2.24) is 0 Å². The van der Waals surface area contributed by atoms with Crippen LogP contribution in [0, 0.1) is 0 Å². The van der Waals surface area contributed by atoms with Gasteiger partial charge in [-0.3, -0.25) is 0 Å². The minimum atomic E-state index is -0.109. The zero-order valence-electron chi connectivity index (χ0n) is 40.2. The molecule has 1 heterocycles. The van der Waals surface area contributed by atoms with Crippen LogP contribution in [0.2, 0.25) is 0 Å². The molecular formula is C68H50N2S. The van der Waals surface area contributed by atoms with Crippen LogP contribution in [0.1, 0.15) is 49.9 Å². The summed E-state index contributed by atoms with van der Waals surface area (Å²) in [6.45, 7) is 9.45. The van der Waals surface area contributed by atoms with Crippen LogP contribution in [0.3, 0.4) is 0 Å². The van der Waals surface area contributed by atoms with Crippen molar-refractivity contribution in [2.75, 3.05) is 9.80 Å². The van der Waals surface area contributed by atoms with E-state index in [1.165, 1.54) is 98.1 Å². The Morgan fingerprint density at radius 2 is 0.732 bits per heavy atom. The summed E-state index contributed by atoms with van der Waals surface area (Å²) in [7, 11) is 0. The number of nitrogens with zero attached hydrogens (tertiary/aromatic N) is 2. The minimum Gasteiger partial charge on any atom is -0.310 e. The molecule has 2 aliphatic carbocycles. The van der Waals surface area contributed by atoms with Crippen molar-refractivity contribution < 1.29 is 0 Å². The Balaban J connectivity index is 0.870. The first-order valence-electron chi connectivity index (χ1n) is 24.8. The summed E-state index contributed by atoms with van der Waals surface area (Å²) in [4.78, 5) is 7.43. The van der Waals surface area contributed by atoms with Gasteiger partial charge in [-0.1, -0.05) is 197 Å². The lowest BCUT2D eigenvalue weighted by molar-refractivity contribution is 0.660. The molecule has 0 fully saturated rings. The molecule has 11 aromatic carbocycles. The van der Waals surface area contributed by atoms with Crippen molar-refractivity contribution in [3.63, 3.8) is 0 Å². The third kappa shape index (κ3) is 6.29. The molecule has 2 nitrogen and oxygen atoms in total. The number of anilines is 6. The summed E-state index contributed by atoms with van der Waals surface area (Å²) in [6.07, 6.45) is 0. The van der Waals surface area contributed by atoms with E-state index in [9.17, 15) is 0 Å². The number of fused-ring (bicyclic) bond motifs is 9. The monoisotopic (exact) mass is 926 g/mol. The Hall–Kier alpha value is -8.11. The van der Waals surface area contributed by atoms with Gasteiger partial charge in [0.05, 0.1) is 5.69 Å².